The van der Waals surface area contributed by atoms with E-state index in [-0.39, 0.29) is 6.10 Å². The van der Waals surface area contributed by atoms with Crippen LogP contribution in [0.4, 0.5) is 0 Å². The van der Waals surface area contributed by atoms with Gasteiger partial charge in [-0.25, -0.2) is 9.78 Å². The molecule has 1 heterocycles. The SMILES string of the molecule is CCc1oc(-c2cccc(OC)c2)nc1COC1CCCC(COC(C)(C)C(=O)O)C1. The van der Waals surface area contributed by atoms with Crippen molar-refractivity contribution in [3.63, 3.8) is 0 Å². The Morgan fingerprint density at radius 3 is 2.84 bits per heavy atom. The molecule has 0 spiro atoms. The van der Waals surface area contributed by atoms with E-state index in [9.17, 15) is 9.90 Å². The van der Waals surface area contributed by atoms with E-state index in [0.29, 0.717) is 25.0 Å². The second-order valence-corrected chi connectivity index (χ2v) is 8.57. The lowest BCUT2D eigenvalue weighted by atomic mass is 9.87. The minimum absolute atomic E-state index is 0.108. The van der Waals surface area contributed by atoms with Crippen molar-refractivity contribution in [2.45, 2.75) is 71.2 Å². The molecule has 1 aromatic carbocycles. The van der Waals surface area contributed by atoms with Gasteiger partial charge in [0.15, 0.2) is 5.60 Å². The van der Waals surface area contributed by atoms with E-state index in [2.05, 4.69) is 4.98 Å². The molecule has 1 N–H and O–H groups in total. The van der Waals surface area contributed by atoms with Gasteiger partial charge in [0.25, 0.3) is 0 Å². The third-order valence-corrected chi connectivity index (χ3v) is 5.80. The highest BCUT2D eigenvalue weighted by atomic mass is 16.5. The number of oxazole rings is 1. The van der Waals surface area contributed by atoms with Crippen LogP contribution < -0.4 is 4.74 Å². The van der Waals surface area contributed by atoms with Crippen LogP contribution in [0.2, 0.25) is 0 Å². The molecule has 0 radical (unpaired) electrons. The molecule has 1 fully saturated rings. The maximum absolute atomic E-state index is 11.2. The lowest BCUT2D eigenvalue weighted by Gasteiger charge is -2.31. The summed E-state index contributed by atoms with van der Waals surface area (Å²) in [6.45, 7) is 6.04. The summed E-state index contributed by atoms with van der Waals surface area (Å²) in [6, 6.07) is 7.65. The smallest absolute Gasteiger partial charge is 0.335 e. The van der Waals surface area contributed by atoms with E-state index in [1.54, 1.807) is 21.0 Å². The molecule has 2 atom stereocenters. The van der Waals surface area contributed by atoms with Crippen LogP contribution >= 0.6 is 0 Å². The molecule has 1 aliphatic carbocycles. The number of aryl methyl sites for hydroxylation is 1. The predicted molar refractivity (Wildman–Crippen MR) is 116 cm³/mol. The second-order valence-electron chi connectivity index (χ2n) is 8.57. The van der Waals surface area contributed by atoms with Crippen LogP contribution in [0.5, 0.6) is 5.75 Å². The zero-order valence-electron chi connectivity index (χ0n) is 18.8. The zero-order chi connectivity index (χ0) is 22.4. The largest absolute Gasteiger partial charge is 0.497 e. The van der Waals surface area contributed by atoms with E-state index in [4.69, 9.17) is 18.6 Å². The summed E-state index contributed by atoms with van der Waals surface area (Å²) in [5.41, 5.74) is 0.531. The number of aromatic nitrogens is 1. The van der Waals surface area contributed by atoms with Crippen molar-refractivity contribution in [3.05, 3.63) is 35.7 Å². The topological polar surface area (TPSA) is 91.0 Å². The fourth-order valence-corrected chi connectivity index (χ4v) is 3.78. The van der Waals surface area contributed by atoms with Crippen LogP contribution in [0, 0.1) is 5.92 Å². The number of benzene rings is 1. The Morgan fingerprint density at radius 1 is 1.32 bits per heavy atom. The van der Waals surface area contributed by atoms with Crippen molar-refractivity contribution in [1.29, 1.82) is 0 Å². The number of ether oxygens (including phenoxy) is 3. The summed E-state index contributed by atoms with van der Waals surface area (Å²) >= 11 is 0. The molecule has 0 aliphatic heterocycles. The highest BCUT2D eigenvalue weighted by Gasteiger charge is 2.31. The van der Waals surface area contributed by atoms with Crippen LogP contribution in [0.15, 0.2) is 28.7 Å². The van der Waals surface area contributed by atoms with Crippen molar-refractivity contribution >= 4 is 5.97 Å². The number of carboxylic acid groups (broad SMARTS) is 1. The first-order valence-corrected chi connectivity index (χ1v) is 10.9. The molecule has 0 saturated heterocycles. The van der Waals surface area contributed by atoms with E-state index >= 15 is 0 Å². The van der Waals surface area contributed by atoms with Gasteiger partial charge in [0.05, 0.1) is 26.4 Å². The summed E-state index contributed by atoms with van der Waals surface area (Å²) in [5, 5.41) is 9.22. The van der Waals surface area contributed by atoms with Gasteiger partial charge in [0.1, 0.15) is 17.2 Å². The van der Waals surface area contributed by atoms with Crippen LogP contribution in [0.3, 0.4) is 0 Å². The van der Waals surface area contributed by atoms with Gasteiger partial charge in [-0.3, -0.25) is 0 Å². The molecule has 7 nitrogen and oxygen atoms in total. The first kappa shape index (κ1) is 23.3. The number of hydrogen-bond acceptors (Lipinski definition) is 6. The lowest BCUT2D eigenvalue weighted by molar-refractivity contribution is -0.163. The van der Waals surface area contributed by atoms with Crippen molar-refractivity contribution in [3.8, 4) is 17.2 Å². The Kier molecular flexibility index (Phi) is 7.73. The average molecular weight is 432 g/mol. The quantitative estimate of drug-likeness (QED) is 0.574. The highest BCUT2D eigenvalue weighted by Crippen LogP contribution is 2.30. The highest BCUT2D eigenvalue weighted by molar-refractivity contribution is 5.76. The van der Waals surface area contributed by atoms with Crippen molar-refractivity contribution in [1.82, 2.24) is 4.98 Å². The number of methoxy groups -OCH3 is 1. The first-order chi connectivity index (χ1) is 14.8. The lowest BCUT2D eigenvalue weighted by Crippen LogP contribution is -2.37. The van der Waals surface area contributed by atoms with E-state index in [1.165, 1.54) is 0 Å². The third kappa shape index (κ3) is 6.08. The van der Waals surface area contributed by atoms with Gasteiger partial charge < -0.3 is 23.7 Å². The van der Waals surface area contributed by atoms with E-state index < -0.39 is 11.6 Å². The van der Waals surface area contributed by atoms with Gasteiger partial charge >= 0.3 is 5.97 Å². The third-order valence-electron chi connectivity index (χ3n) is 5.80. The van der Waals surface area contributed by atoms with E-state index in [0.717, 1.165) is 54.9 Å². The van der Waals surface area contributed by atoms with Crippen molar-refractivity contribution in [2.75, 3.05) is 13.7 Å². The number of carbonyl (C=O) groups is 1. The van der Waals surface area contributed by atoms with Crippen LogP contribution in [0.1, 0.15) is 57.9 Å². The fourth-order valence-electron chi connectivity index (χ4n) is 3.78. The average Bonchev–Trinajstić information content (AvgIpc) is 3.20. The Bertz CT molecular complexity index is 875. The second kappa shape index (κ2) is 10.3. The van der Waals surface area contributed by atoms with Gasteiger partial charge in [-0.2, -0.15) is 0 Å². The Labute approximate surface area is 183 Å². The van der Waals surface area contributed by atoms with Crippen molar-refractivity contribution in [2.24, 2.45) is 5.92 Å². The minimum Gasteiger partial charge on any atom is -0.497 e. The number of aliphatic carboxylic acids is 1. The van der Waals surface area contributed by atoms with E-state index in [1.807, 2.05) is 31.2 Å². The van der Waals surface area contributed by atoms with Gasteiger partial charge in [0.2, 0.25) is 5.89 Å². The molecule has 7 heteroatoms. The minimum atomic E-state index is -1.17. The maximum atomic E-state index is 11.2. The molecule has 2 aromatic rings. The van der Waals surface area contributed by atoms with Gasteiger partial charge in [-0.15, -0.1) is 0 Å². The van der Waals surface area contributed by atoms with Gasteiger partial charge in [-0.05, 0) is 57.2 Å². The number of nitrogens with zero attached hydrogens (tertiary/aromatic N) is 1. The molecule has 3 rings (SSSR count). The van der Waals surface area contributed by atoms with Crippen LogP contribution in [-0.2, 0) is 27.3 Å². The molecule has 31 heavy (non-hydrogen) atoms. The summed E-state index contributed by atoms with van der Waals surface area (Å²) in [5.74, 6) is 1.51. The molecule has 1 saturated carbocycles. The monoisotopic (exact) mass is 431 g/mol. The van der Waals surface area contributed by atoms with Gasteiger partial charge in [0, 0.05) is 12.0 Å². The summed E-state index contributed by atoms with van der Waals surface area (Å²) < 4.78 is 23.1. The predicted octanol–water partition coefficient (Wildman–Crippen LogP) is 4.87. The van der Waals surface area contributed by atoms with Gasteiger partial charge in [-0.1, -0.05) is 19.4 Å². The number of rotatable bonds is 10. The Morgan fingerprint density at radius 2 is 2.13 bits per heavy atom. The molecule has 0 bridgehead atoms. The molecule has 170 valence electrons. The maximum Gasteiger partial charge on any atom is 0.335 e. The first-order valence-electron chi connectivity index (χ1n) is 10.9. The summed E-state index contributed by atoms with van der Waals surface area (Å²) in [7, 11) is 1.64. The molecule has 2 unspecified atom stereocenters. The normalized spacial score (nSPS) is 19.4. The Hall–Kier alpha value is -2.38. The zero-order valence-corrected chi connectivity index (χ0v) is 18.8. The number of carboxylic acids is 1. The Balaban J connectivity index is 1.59. The number of hydrogen-bond donors (Lipinski definition) is 1. The summed E-state index contributed by atoms with van der Waals surface area (Å²) in [6.07, 6.45) is 4.76. The molecular weight excluding hydrogens is 398 g/mol. The standard InChI is InChI=1S/C24H33NO6/c1-5-21-20(25-22(31-21)17-9-7-10-18(13-17)28-4)15-29-19-11-6-8-16(12-19)14-30-24(2,3)23(26)27/h7,9-10,13,16,19H,5-6,8,11-12,14-15H2,1-4H3,(H,26,27). The molecule has 1 aliphatic rings. The van der Waals surface area contributed by atoms with Crippen LogP contribution in [-0.4, -0.2) is 41.5 Å². The summed E-state index contributed by atoms with van der Waals surface area (Å²) in [4.78, 5) is 15.9. The molecular formula is C24H33NO6. The van der Waals surface area contributed by atoms with Crippen LogP contribution in [0.25, 0.3) is 11.5 Å². The molecule has 0 amide bonds. The molecule has 1 aromatic heterocycles. The fraction of sp³-hybridized carbons (Fsp3) is 0.583. The van der Waals surface area contributed by atoms with Crippen molar-refractivity contribution < 1.29 is 28.5 Å².